The Bertz CT molecular complexity index is 532. The topological polar surface area (TPSA) is 32.8 Å². The highest BCUT2D eigenvalue weighted by Gasteiger charge is 2.24. The number of amides is 1. The standard InChI is InChI=1S/C17H26N2O2/c1-6-18-7-9-19(10-8-18)17(20)15-11-12(2)16(21-5)14(4)13(15)3/h11H,6-10H2,1-5H3. The van der Waals surface area contributed by atoms with Gasteiger partial charge in [0.25, 0.3) is 5.91 Å². The minimum Gasteiger partial charge on any atom is -0.496 e. The van der Waals surface area contributed by atoms with E-state index in [0.717, 1.165) is 60.7 Å². The molecule has 1 aliphatic rings. The van der Waals surface area contributed by atoms with Crippen LogP contribution >= 0.6 is 0 Å². The van der Waals surface area contributed by atoms with Crippen LogP contribution in [-0.2, 0) is 0 Å². The van der Waals surface area contributed by atoms with E-state index >= 15 is 0 Å². The van der Waals surface area contributed by atoms with Gasteiger partial charge in [-0.25, -0.2) is 0 Å². The highest BCUT2D eigenvalue weighted by molar-refractivity contribution is 5.96. The fourth-order valence-electron chi connectivity index (χ4n) is 3.03. The van der Waals surface area contributed by atoms with E-state index in [1.165, 1.54) is 0 Å². The van der Waals surface area contributed by atoms with E-state index in [-0.39, 0.29) is 5.91 Å². The number of carbonyl (C=O) groups is 1. The van der Waals surface area contributed by atoms with Crippen LogP contribution in [0.5, 0.6) is 5.75 Å². The maximum absolute atomic E-state index is 12.8. The molecule has 0 atom stereocenters. The number of nitrogens with zero attached hydrogens (tertiary/aromatic N) is 2. The van der Waals surface area contributed by atoms with Crippen molar-refractivity contribution in [1.82, 2.24) is 9.80 Å². The van der Waals surface area contributed by atoms with Crippen LogP contribution in [0, 0.1) is 20.8 Å². The molecular weight excluding hydrogens is 264 g/mol. The van der Waals surface area contributed by atoms with E-state index in [9.17, 15) is 4.79 Å². The van der Waals surface area contributed by atoms with E-state index in [2.05, 4.69) is 11.8 Å². The lowest BCUT2D eigenvalue weighted by molar-refractivity contribution is 0.0642. The maximum atomic E-state index is 12.8. The zero-order valence-electron chi connectivity index (χ0n) is 13.8. The molecule has 1 fully saturated rings. The van der Waals surface area contributed by atoms with Crippen molar-refractivity contribution in [1.29, 1.82) is 0 Å². The fourth-order valence-corrected chi connectivity index (χ4v) is 3.03. The Morgan fingerprint density at radius 1 is 1.14 bits per heavy atom. The first-order valence-corrected chi connectivity index (χ1v) is 7.66. The Morgan fingerprint density at radius 2 is 1.76 bits per heavy atom. The zero-order chi connectivity index (χ0) is 15.6. The van der Waals surface area contributed by atoms with Crippen LogP contribution in [-0.4, -0.2) is 55.5 Å². The Labute approximate surface area is 127 Å². The van der Waals surface area contributed by atoms with Crippen LogP contribution in [0.3, 0.4) is 0 Å². The van der Waals surface area contributed by atoms with Crippen molar-refractivity contribution in [3.63, 3.8) is 0 Å². The summed E-state index contributed by atoms with van der Waals surface area (Å²) >= 11 is 0. The number of rotatable bonds is 3. The van der Waals surface area contributed by atoms with Crippen molar-refractivity contribution in [3.05, 3.63) is 28.3 Å². The molecule has 0 saturated carbocycles. The van der Waals surface area contributed by atoms with Crippen molar-refractivity contribution in [2.45, 2.75) is 27.7 Å². The number of benzene rings is 1. The van der Waals surface area contributed by atoms with Gasteiger partial charge in [-0.15, -0.1) is 0 Å². The molecule has 0 N–H and O–H groups in total. The van der Waals surface area contributed by atoms with Gasteiger partial charge in [0.05, 0.1) is 7.11 Å². The Balaban J connectivity index is 2.24. The van der Waals surface area contributed by atoms with Gasteiger partial charge >= 0.3 is 0 Å². The minimum atomic E-state index is 0.150. The second-order valence-electron chi connectivity index (χ2n) is 5.75. The van der Waals surface area contributed by atoms with Crippen molar-refractivity contribution < 1.29 is 9.53 Å². The average molecular weight is 290 g/mol. The van der Waals surface area contributed by atoms with Crippen molar-refractivity contribution in [2.24, 2.45) is 0 Å². The van der Waals surface area contributed by atoms with Crippen LogP contribution in [0.1, 0.15) is 34.0 Å². The molecular formula is C17H26N2O2. The third-order valence-electron chi connectivity index (χ3n) is 4.57. The summed E-state index contributed by atoms with van der Waals surface area (Å²) in [4.78, 5) is 17.1. The van der Waals surface area contributed by atoms with Crippen LogP contribution < -0.4 is 4.74 Å². The molecule has 4 nitrogen and oxygen atoms in total. The maximum Gasteiger partial charge on any atom is 0.254 e. The molecule has 21 heavy (non-hydrogen) atoms. The molecule has 2 rings (SSSR count). The molecule has 1 heterocycles. The summed E-state index contributed by atoms with van der Waals surface area (Å²) in [6.45, 7) is 12.8. The van der Waals surface area contributed by atoms with E-state index in [1.54, 1.807) is 7.11 Å². The number of ether oxygens (including phenoxy) is 1. The van der Waals surface area contributed by atoms with Crippen molar-refractivity contribution >= 4 is 5.91 Å². The zero-order valence-corrected chi connectivity index (χ0v) is 13.8. The molecule has 1 amide bonds. The van der Waals surface area contributed by atoms with Gasteiger partial charge in [-0.2, -0.15) is 0 Å². The van der Waals surface area contributed by atoms with Gasteiger partial charge in [0.2, 0.25) is 0 Å². The monoisotopic (exact) mass is 290 g/mol. The molecule has 1 saturated heterocycles. The molecule has 1 aliphatic heterocycles. The first-order chi connectivity index (χ1) is 9.99. The highest BCUT2D eigenvalue weighted by Crippen LogP contribution is 2.29. The largest absolute Gasteiger partial charge is 0.496 e. The van der Waals surface area contributed by atoms with Crippen molar-refractivity contribution in [2.75, 3.05) is 39.8 Å². The van der Waals surface area contributed by atoms with E-state index in [4.69, 9.17) is 4.74 Å². The van der Waals surface area contributed by atoms with Gasteiger partial charge < -0.3 is 14.5 Å². The molecule has 0 bridgehead atoms. The lowest BCUT2D eigenvalue weighted by Crippen LogP contribution is -2.48. The number of methoxy groups -OCH3 is 1. The molecule has 0 spiro atoms. The van der Waals surface area contributed by atoms with E-state index in [1.807, 2.05) is 31.7 Å². The number of piperazine rings is 1. The van der Waals surface area contributed by atoms with Crippen molar-refractivity contribution in [3.8, 4) is 5.75 Å². The fraction of sp³-hybridized carbons (Fsp3) is 0.588. The molecule has 0 aliphatic carbocycles. The number of hydrogen-bond acceptors (Lipinski definition) is 3. The Hall–Kier alpha value is -1.55. The summed E-state index contributed by atoms with van der Waals surface area (Å²) in [5.74, 6) is 1.04. The third-order valence-corrected chi connectivity index (χ3v) is 4.57. The van der Waals surface area contributed by atoms with Crippen LogP contribution in [0.25, 0.3) is 0 Å². The predicted molar refractivity (Wildman–Crippen MR) is 85.2 cm³/mol. The number of aryl methyl sites for hydroxylation is 1. The summed E-state index contributed by atoms with van der Waals surface area (Å²) in [5.41, 5.74) is 3.93. The Morgan fingerprint density at radius 3 is 2.29 bits per heavy atom. The number of likely N-dealkylation sites (N-methyl/N-ethyl adjacent to an activating group) is 1. The quantitative estimate of drug-likeness (QED) is 0.857. The summed E-state index contributed by atoms with van der Waals surface area (Å²) in [6.07, 6.45) is 0. The first-order valence-electron chi connectivity index (χ1n) is 7.66. The van der Waals surface area contributed by atoms with Gasteiger partial charge in [0, 0.05) is 31.7 Å². The van der Waals surface area contributed by atoms with Crippen LogP contribution in [0.4, 0.5) is 0 Å². The lowest BCUT2D eigenvalue weighted by Gasteiger charge is -2.34. The third kappa shape index (κ3) is 3.05. The molecule has 1 aromatic rings. The van der Waals surface area contributed by atoms with Gasteiger partial charge in [-0.05, 0) is 50.1 Å². The number of hydrogen-bond donors (Lipinski definition) is 0. The normalized spacial score (nSPS) is 16.1. The second-order valence-corrected chi connectivity index (χ2v) is 5.75. The number of carbonyl (C=O) groups excluding carboxylic acids is 1. The van der Waals surface area contributed by atoms with E-state index < -0.39 is 0 Å². The Kier molecular flexibility index (Phi) is 4.88. The molecule has 4 heteroatoms. The molecule has 116 valence electrons. The van der Waals surface area contributed by atoms with Gasteiger partial charge in [-0.1, -0.05) is 6.92 Å². The van der Waals surface area contributed by atoms with Crippen LogP contribution in [0.2, 0.25) is 0 Å². The summed E-state index contributed by atoms with van der Waals surface area (Å²) in [7, 11) is 1.68. The summed E-state index contributed by atoms with van der Waals surface area (Å²) in [5, 5.41) is 0. The lowest BCUT2D eigenvalue weighted by atomic mass is 9.97. The minimum absolute atomic E-state index is 0.150. The van der Waals surface area contributed by atoms with Gasteiger partial charge in [-0.3, -0.25) is 4.79 Å². The van der Waals surface area contributed by atoms with Crippen LogP contribution in [0.15, 0.2) is 6.07 Å². The highest BCUT2D eigenvalue weighted by atomic mass is 16.5. The SMILES string of the molecule is CCN1CCN(C(=O)c2cc(C)c(OC)c(C)c2C)CC1. The molecule has 1 aromatic carbocycles. The van der Waals surface area contributed by atoms with Gasteiger partial charge in [0.15, 0.2) is 0 Å². The first kappa shape index (κ1) is 15.8. The van der Waals surface area contributed by atoms with Gasteiger partial charge in [0.1, 0.15) is 5.75 Å². The molecule has 0 radical (unpaired) electrons. The predicted octanol–water partition coefficient (Wildman–Crippen LogP) is 2.40. The molecule has 0 unspecified atom stereocenters. The second kappa shape index (κ2) is 6.48. The summed E-state index contributed by atoms with van der Waals surface area (Å²) in [6, 6.07) is 1.97. The van der Waals surface area contributed by atoms with E-state index in [0.29, 0.717) is 0 Å². The smallest absolute Gasteiger partial charge is 0.254 e. The average Bonchev–Trinajstić information content (AvgIpc) is 2.51. The summed E-state index contributed by atoms with van der Waals surface area (Å²) < 4.78 is 5.43. The molecule has 0 aromatic heterocycles.